The Balaban J connectivity index is 0.00000169. The summed E-state index contributed by atoms with van der Waals surface area (Å²) in [5.74, 6) is -0.320. The number of hydrogen-bond acceptors (Lipinski definition) is 3. The van der Waals surface area contributed by atoms with Gasteiger partial charge in [0.2, 0.25) is 0 Å². The van der Waals surface area contributed by atoms with E-state index in [0.717, 1.165) is 5.69 Å². The molecule has 1 rings (SSSR count). The molecule has 1 aromatic rings. The van der Waals surface area contributed by atoms with Gasteiger partial charge in [-0.2, -0.15) is 0 Å². The van der Waals surface area contributed by atoms with Gasteiger partial charge in [0.25, 0.3) is 0 Å². The molecule has 0 amide bonds. The SMILES string of the molecule is COC(=O)CNc1ccccc1Cl.Cl. The van der Waals surface area contributed by atoms with Crippen LogP contribution in [0.4, 0.5) is 5.69 Å². The van der Waals surface area contributed by atoms with Crippen molar-refractivity contribution in [2.75, 3.05) is 19.0 Å². The van der Waals surface area contributed by atoms with Crippen LogP contribution in [0.5, 0.6) is 0 Å². The minimum Gasteiger partial charge on any atom is -0.468 e. The molecule has 0 aliphatic rings. The molecule has 1 aromatic carbocycles. The molecule has 0 saturated heterocycles. The number of halogens is 2. The molecule has 0 bridgehead atoms. The van der Waals surface area contributed by atoms with Gasteiger partial charge >= 0.3 is 5.97 Å². The largest absolute Gasteiger partial charge is 0.468 e. The summed E-state index contributed by atoms with van der Waals surface area (Å²) in [6, 6.07) is 7.21. The second-order valence-corrected chi connectivity index (χ2v) is 2.82. The number of benzene rings is 1. The fraction of sp³-hybridized carbons (Fsp3) is 0.222. The van der Waals surface area contributed by atoms with Crippen molar-refractivity contribution in [1.82, 2.24) is 0 Å². The van der Waals surface area contributed by atoms with Crippen LogP contribution in [0.1, 0.15) is 0 Å². The van der Waals surface area contributed by atoms with Gasteiger partial charge in [0.05, 0.1) is 17.8 Å². The lowest BCUT2D eigenvalue weighted by atomic mass is 10.3. The van der Waals surface area contributed by atoms with E-state index >= 15 is 0 Å². The van der Waals surface area contributed by atoms with E-state index in [-0.39, 0.29) is 24.9 Å². The lowest BCUT2D eigenvalue weighted by Crippen LogP contribution is -2.14. The van der Waals surface area contributed by atoms with Crippen LogP contribution in [0.25, 0.3) is 0 Å². The van der Waals surface area contributed by atoms with E-state index in [4.69, 9.17) is 11.6 Å². The van der Waals surface area contributed by atoms with E-state index in [1.165, 1.54) is 7.11 Å². The second kappa shape index (κ2) is 6.51. The van der Waals surface area contributed by atoms with Crippen molar-refractivity contribution < 1.29 is 9.53 Å². The zero-order valence-corrected chi connectivity index (χ0v) is 9.19. The minimum atomic E-state index is -0.320. The van der Waals surface area contributed by atoms with Crippen molar-refractivity contribution in [1.29, 1.82) is 0 Å². The number of esters is 1. The monoisotopic (exact) mass is 235 g/mol. The van der Waals surface area contributed by atoms with Gasteiger partial charge in [-0.25, -0.2) is 0 Å². The van der Waals surface area contributed by atoms with Gasteiger partial charge in [-0.15, -0.1) is 12.4 Å². The molecule has 14 heavy (non-hydrogen) atoms. The van der Waals surface area contributed by atoms with E-state index in [1.807, 2.05) is 12.1 Å². The molecule has 0 spiro atoms. The van der Waals surface area contributed by atoms with E-state index in [0.29, 0.717) is 5.02 Å². The van der Waals surface area contributed by atoms with Crippen LogP contribution in [0.2, 0.25) is 5.02 Å². The zero-order chi connectivity index (χ0) is 9.68. The highest BCUT2D eigenvalue weighted by molar-refractivity contribution is 6.33. The van der Waals surface area contributed by atoms with E-state index in [2.05, 4.69) is 10.1 Å². The van der Waals surface area contributed by atoms with Gasteiger partial charge in [-0.05, 0) is 12.1 Å². The molecule has 0 saturated carbocycles. The van der Waals surface area contributed by atoms with E-state index in [9.17, 15) is 4.79 Å². The summed E-state index contributed by atoms with van der Waals surface area (Å²) in [5, 5.41) is 3.45. The van der Waals surface area contributed by atoms with Crippen molar-refractivity contribution in [3.8, 4) is 0 Å². The Morgan fingerprint density at radius 2 is 2.14 bits per heavy atom. The summed E-state index contributed by atoms with van der Waals surface area (Å²) in [6.07, 6.45) is 0. The average molecular weight is 236 g/mol. The highest BCUT2D eigenvalue weighted by atomic mass is 35.5. The standard InChI is InChI=1S/C9H10ClNO2.ClH/c1-13-9(12)6-11-8-5-3-2-4-7(8)10;/h2-5,11H,6H2,1H3;1H. The van der Waals surface area contributed by atoms with Crippen LogP contribution >= 0.6 is 24.0 Å². The van der Waals surface area contributed by atoms with Gasteiger partial charge < -0.3 is 10.1 Å². The Kier molecular flexibility index (Phi) is 6.08. The third kappa shape index (κ3) is 3.85. The molecular formula is C9H11Cl2NO2. The normalized spacial score (nSPS) is 8.71. The molecule has 78 valence electrons. The average Bonchev–Trinajstić information content (AvgIpc) is 2.16. The first-order valence-corrected chi connectivity index (χ1v) is 4.17. The van der Waals surface area contributed by atoms with Gasteiger partial charge in [-0.3, -0.25) is 4.79 Å². The molecule has 1 N–H and O–H groups in total. The number of methoxy groups -OCH3 is 1. The molecule has 3 nitrogen and oxygen atoms in total. The number of carbonyl (C=O) groups is 1. The van der Waals surface area contributed by atoms with Crippen molar-refractivity contribution in [3.63, 3.8) is 0 Å². The quantitative estimate of drug-likeness (QED) is 0.818. The van der Waals surface area contributed by atoms with Crippen LogP contribution in [-0.2, 0) is 9.53 Å². The van der Waals surface area contributed by atoms with Gasteiger partial charge in [-0.1, -0.05) is 23.7 Å². The lowest BCUT2D eigenvalue weighted by Gasteiger charge is -2.05. The maximum absolute atomic E-state index is 10.8. The Bertz CT molecular complexity index is 305. The molecule has 0 aromatic heterocycles. The highest BCUT2D eigenvalue weighted by Crippen LogP contribution is 2.19. The number of nitrogens with one attached hydrogen (secondary N) is 1. The summed E-state index contributed by atoms with van der Waals surface area (Å²) >= 11 is 5.84. The van der Waals surface area contributed by atoms with Crippen molar-refractivity contribution in [2.24, 2.45) is 0 Å². The minimum absolute atomic E-state index is 0. The third-order valence-corrected chi connectivity index (χ3v) is 1.85. The van der Waals surface area contributed by atoms with E-state index < -0.39 is 0 Å². The van der Waals surface area contributed by atoms with Crippen molar-refractivity contribution in [2.45, 2.75) is 0 Å². The Hall–Kier alpha value is -0.930. The molecule has 0 unspecified atom stereocenters. The Morgan fingerprint density at radius 1 is 1.50 bits per heavy atom. The topological polar surface area (TPSA) is 38.3 Å². The number of rotatable bonds is 3. The second-order valence-electron chi connectivity index (χ2n) is 2.41. The van der Waals surface area contributed by atoms with Crippen LogP contribution in [0.15, 0.2) is 24.3 Å². The summed E-state index contributed by atoms with van der Waals surface area (Å²) in [4.78, 5) is 10.8. The highest BCUT2D eigenvalue weighted by Gasteiger charge is 2.01. The number of ether oxygens (including phenoxy) is 1. The first-order chi connectivity index (χ1) is 6.24. The Labute approximate surface area is 93.8 Å². The molecule has 0 fully saturated rings. The van der Waals surface area contributed by atoms with Crippen molar-refractivity contribution in [3.05, 3.63) is 29.3 Å². The molecule has 0 aliphatic heterocycles. The maximum Gasteiger partial charge on any atom is 0.325 e. The van der Waals surface area contributed by atoms with Gasteiger partial charge in [0.1, 0.15) is 6.54 Å². The predicted octanol–water partition coefficient (Wildman–Crippen LogP) is 2.35. The number of hydrogen-bond donors (Lipinski definition) is 1. The number of anilines is 1. The number of para-hydroxylation sites is 1. The fourth-order valence-corrected chi connectivity index (χ4v) is 1.05. The molecule has 0 atom stereocenters. The molecule has 0 aliphatic carbocycles. The molecule has 0 heterocycles. The summed E-state index contributed by atoms with van der Waals surface area (Å²) in [5.41, 5.74) is 0.731. The first kappa shape index (κ1) is 13.1. The lowest BCUT2D eigenvalue weighted by molar-refractivity contribution is -0.138. The maximum atomic E-state index is 10.8. The van der Waals surface area contributed by atoms with Crippen molar-refractivity contribution >= 4 is 35.7 Å². The van der Waals surface area contributed by atoms with Crippen LogP contribution in [-0.4, -0.2) is 19.6 Å². The van der Waals surface area contributed by atoms with Gasteiger partial charge in [0, 0.05) is 0 Å². The van der Waals surface area contributed by atoms with E-state index in [1.54, 1.807) is 12.1 Å². The molecule has 5 heteroatoms. The first-order valence-electron chi connectivity index (χ1n) is 3.79. The Morgan fingerprint density at radius 3 is 2.71 bits per heavy atom. The summed E-state index contributed by atoms with van der Waals surface area (Å²) < 4.78 is 4.47. The molecule has 0 radical (unpaired) electrons. The smallest absolute Gasteiger partial charge is 0.325 e. The predicted molar refractivity (Wildman–Crippen MR) is 59.2 cm³/mol. The fourth-order valence-electron chi connectivity index (χ4n) is 0.844. The van der Waals surface area contributed by atoms with Gasteiger partial charge in [0.15, 0.2) is 0 Å². The zero-order valence-electron chi connectivity index (χ0n) is 7.62. The number of carbonyl (C=O) groups excluding carboxylic acids is 1. The van der Waals surface area contributed by atoms with Crippen LogP contribution in [0, 0.1) is 0 Å². The summed E-state index contributed by atoms with van der Waals surface area (Å²) in [6.45, 7) is 0.125. The molecular weight excluding hydrogens is 225 g/mol. The summed E-state index contributed by atoms with van der Waals surface area (Å²) in [7, 11) is 1.34. The third-order valence-electron chi connectivity index (χ3n) is 1.52. The van der Waals surface area contributed by atoms with Crippen LogP contribution in [0.3, 0.4) is 0 Å². The van der Waals surface area contributed by atoms with Crippen LogP contribution < -0.4 is 5.32 Å².